The van der Waals surface area contributed by atoms with Gasteiger partial charge in [0.15, 0.2) is 0 Å². The summed E-state index contributed by atoms with van der Waals surface area (Å²) in [5.74, 6) is 0.973. The summed E-state index contributed by atoms with van der Waals surface area (Å²) in [7, 11) is 1.79. The molecule has 1 saturated carbocycles. The lowest BCUT2D eigenvalue weighted by molar-refractivity contribution is -0.0466. The van der Waals surface area contributed by atoms with Gasteiger partial charge in [0, 0.05) is 13.5 Å². The van der Waals surface area contributed by atoms with Crippen molar-refractivity contribution in [3.05, 3.63) is 11.6 Å². The van der Waals surface area contributed by atoms with Gasteiger partial charge in [0.25, 0.3) is 0 Å². The van der Waals surface area contributed by atoms with Crippen molar-refractivity contribution in [1.82, 2.24) is 0 Å². The van der Waals surface area contributed by atoms with E-state index in [4.69, 9.17) is 14.2 Å². The summed E-state index contributed by atoms with van der Waals surface area (Å²) in [4.78, 5) is 0. The topological polar surface area (TPSA) is 57.3 Å². The van der Waals surface area contributed by atoms with Gasteiger partial charge in [-0.2, -0.15) is 0 Å². The van der Waals surface area contributed by atoms with Crippen molar-refractivity contribution in [3.63, 3.8) is 0 Å². The Morgan fingerprint density at radius 1 is 1.13 bits per heavy atom. The molecule has 2 heterocycles. The van der Waals surface area contributed by atoms with Crippen LogP contribution in [0.5, 0.6) is 0 Å². The number of hydrogen-bond donors (Lipinski definition) is 0. The number of unbranched alkanes of at least 4 members (excludes halogenated alkanes) is 7. The third-order valence-electron chi connectivity index (χ3n) is 7.77. The highest BCUT2D eigenvalue weighted by Gasteiger charge is 2.72. The Balaban J connectivity index is 1.52. The predicted molar refractivity (Wildman–Crippen MR) is 129 cm³/mol. The Morgan fingerprint density at radius 2 is 1.77 bits per heavy atom. The summed E-state index contributed by atoms with van der Waals surface area (Å²) in [5.41, 5.74) is 0.977. The molecule has 1 spiro atoms. The van der Waals surface area contributed by atoms with Crippen molar-refractivity contribution in [2.45, 2.75) is 127 Å². The third kappa shape index (κ3) is 6.29. The number of epoxide rings is 2. The van der Waals surface area contributed by atoms with Gasteiger partial charge in [-0.15, -0.1) is 0 Å². The quantitative estimate of drug-likeness (QED) is 0.141. The van der Waals surface area contributed by atoms with Crippen LogP contribution in [-0.2, 0) is 25.4 Å². The first-order valence-corrected chi connectivity index (χ1v) is 14.1. The average molecular weight is 455 g/mol. The lowest BCUT2D eigenvalue weighted by atomic mass is 9.69. The Morgan fingerprint density at radius 3 is 2.35 bits per heavy atom. The van der Waals surface area contributed by atoms with Crippen LogP contribution in [0.4, 0.5) is 0 Å². The van der Waals surface area contributed by atoms with Gasteiger partial charge in [0.2, 0.25) is 0 Å². The molecule has 0 aromatic rings. The Hall–Kier alpha value is -0.0700. The third-order valence-corrected chi connectivity index (χ3v) is 9.64. The SMILES string of the molecule is CCCCCCCCCC[S+]([O-])[C@@H]1CC[C@]2(CO2)C([C@@]2(C)O[C@@H]2CC=C(C)C)[C@@H]1OC. The zero-order valence-corrected chi connectivity index (χ0v) is 21.4. The number of allylic oxidation sites excluding steroid dienone is 1. The number of rotatable bonds is 14. The first-order chi connectivity index (χ1) is 14.9. The van der Waals surface area contributed by atoms with Gasteiger partial charge < -0.3 is 18.8 Å². The fourth-order valence-electron chi connectivity index (χ4n) is 5.75. The number of methoxy groups -OCH3 is 1. The van der Waals surface area contributed by atoms with Crippen LogP contribution in [0.1, 0.15) is 98.3 Å². The van der Waals surface area contributed by atoms with Crippen molar-refractivity contribution in [2.75, 3.05) is 19.5 Å². The molecule has 0 aromatic carbocycles. The molecular formula is C26H46O4S. The van der Waals surface area contributed by atoms with E-state index in [1.807, 2.05) is 0 Å². The predicted octanol–water partition coefficient (Wildman–Crippen LogP) is 5.95. The lowest BCUT2D eigenvalue weighted by Crippen LogP contribution is -2.56. The molecule has 5 heteroatoms. The Labute approximate surface area is 194 Å². The maximum atomic E-state index is 13.3. The highest BCUT2D eigenvalue weighted by atomic mass is 32.2. The van der Waals surface area contributed by atoms with Gasteiger partial charge in [-0.1, -0.05) is 57.1 Å². The molecule has 2 aliphatic heterocycles. The minimum atomic E-state index is -0.850. The van der Waals surface area contributed by atoms with Crippen LogP contribution in [0.2, 0.25) is 0 Å². The second-order valence-corrected chi connectivity index (χ2v) is 12.3. The van der Waals surface area contributed by atoms with Crippen molar-refractivity contribution < 1.29 is 18.8 Å². The molecule has 2 unspecified atom stereocenters. The summed E-state index contributed by atoms with van der Waals surface area (Å²) in [5, 5.41) is 0.0968. The van der Waals surface area contributed by atoms with Crippen LogP contribution >= 0.6 is 0 Å². The maximum Gasteiger partial charge on any atom is 0.142 e. The molecule has 2 saturated heterocycles. The number of ether oxygens (including phenoxy) is 3. The summed E-state index contributed by atoms with van der Waals surface area (Å²) in [6.45, 7) is 9.54. The summed E-state index contributed by atoms with van der Waals surface area (Å²) >= 11 is -0.850. The van der Waals surface area contributed by atoms with Gasteiger partial charge in [-0.05, 0) is 57.6 Å². The molecule has 3 rings (SSSR count). The van der Waals surface area contributed by atoms with Crippen molar-refractivity contribution in [2.24, 2.45) is 5.92 Å². The van der Waals surface area contributed by atoms with Crippen LogP contribution < -0.4 is 0 Å². The van der Waals surface area contributed by atoms with Crippen LogP contribution in [0, 0.1) is 5.92 Å². The zero-order valence-electron chi connectivity index (χ0n) is 20.6. The van der Waals surface area contributed by atoms with Gasteiger partial charge >= 0.3 is 0 Å². The first kappa shape index (κ1) is 25.6. The van der Waals surface area contributed by atoms with Crippen molar-refractivity contribution in [3.8, 4) is 0 Å². The van der Waals surface area contributed by atoms with Gasteiger partial charge in [-0.25, -0.2) is 0 Å². The van der Waals surface area contributed by atoms with Gasteiger partial charge in [0.1, 0.15) is 28.3 Å². The lowest BCUT2D eigenvalue weighted by Gasteiger charge is -2.43. The molecule has 0 radical (unpaired) electrons. The highest BCUT2D eigenvalue weighted by molar-refractivity contribution is 7.92. The van der Waals surface area contributed by atoms with Gasteiger partial charge in [-0.3, -0.25) is 0 Å². The molecule has 0 aromatic heterocycles. The molecule has 4 nitrogen and oxygen atoms in total. The molecule has 3 aliphatic rings. The number of hydrogen-bond acceptors (Lipinski definition) is 4. The summed E-state index contributed by atoms with van der Waals surface area (Å²) in [6.07, 6.45) is 15.5. The van der Waals surface area contributed by atoms with Crippen LogP contribution in [0.15, 0.2) is 11.6 Å². The van der Waals surface area contributed by atoms with E-state index >= 15 is 0 Å². The van der Waals surface area contributed by atoms with Crippen LogP contribution in [0.25, 0.3) is 0 Å². The fraction of sp³-hybridized carbons (Fsp3) is 0.923. The van der Waals surface area contributed by atoms with E-state index in [9.17, 15) is 4.55 Å². The Bertz CT molecular complexity index is 586. The summed E-state index contributed by atoms with van der Waals surface area (Å²) < 4.78 is 31.7. The second kappa shape index (κ2) is 11.4. The first-order valence-electron chi connectivity index (χ1n) is 12.7. The van der Waals surface area contributed by atoms with E-state index in [2.05, 4.69) is 33.8 Å². The highest BCUT2D eigenvalue weighted by Crippen LogP contribution is 2.60. The smallest absolute Gasteiger partial charge is 0.142 e. The summed E-state index contributed by atoms with van der Waals surface area (Å²) in [6, 6.07) is 0. The normalized spacial score (nSPS) is 37.6. The average Bonchev–Trinajstić information content (AvgIpc) is 3.65. The molecule has 0 N–H and O–H groups in total. The van der Waals surface area contributed by atoms with Crippen molar-refractivity contribution >= 4 is 11.2 Å². The van der Waals surface area contributed by atoms with Gasteiger partial charge in [0.05, 0.1) is 18.6 Å². The van der Waals surface area contributed by atoms with Crippen LogP contribution in [0.3, 0.4) is 0 Å². The van der Waals surface area contributed by atoms with E-state index in [1.165, 1.54) is 50.5 Å². The molecule has 7 atom stereocenters. The zero-order chi connectivity index (χ0) is 22.5. The van der Waals surface area contributed by atoms with E-state index < -0.39 is 11.2 Å². The second-order valence-electron chi connectivity index (χ2n) is 10.5. The molecule has 180 valence electrons. The standard InChI is InChI=1S/C26H46O4S/c1-6-7-8-9-10-11-12-13-18-31(27)21-16-17-26(19-29-26)24(23(21)28-5)25(4)22(30-25)15-14-20(2)3/h14,21-24H,6-13,15-19H2,1-5H3/t21-,22-,23-,24?,25+,26+,31?/m1/s1. The van der Waals surface area contributed by atoms with E-state index in [0.717, 1.165) is 38.0 Å². The Kier molecular flexibility index (Phi) is 9.37. The molecule has 31 heavy (non-hydrogen) atoms. The molecule has 0 bridgehead atoms. The minimum Gasteiger partial charge on any atom is -0.616 e. The van der Waals surface area contributed by atoms with Crippen LogP contribution in [-0.4, -0.2) is 52.7 Å². The monoisotopic (exact) mass is 454 g/mol. The molecular weight excluding hydrogens is 408 g/mol. The minimum absolute atomic E-state index is 0.0483. The maximum absolute atomic E-state index is 13.3. The van der Waals surface area contributed by atoms with Crippen molar-refractivity contribution in [1.29, 1.82) is 0 Å². The molecule has 0 amide bonds. The van der Waals surface area contributed by atoms with E-state index in [1.54, 1.807) is 7.11 Å². The fourth-order valence-corrected chi connectivity index (χ4v) is 7.49. The largest absolute Gasteiger partial charge is 0.616 e. The molecule has 1 aliphatic carbocycles. The van der Waals surface area contributed by atoms with E-state index in [0.29, 0.717) is 0 Å². The van der Waals surface area contributed by atoms with E-state index in [-0.39, 0.29) is 34.6 Å². The molecule has 3 fully saturated rings.